The van der Waals surface area contributed by atoms with Crippen LogP contribution in [-0.2, 0) is 9.59 Å². The van der Waals surface area contributed by atoms with Crippen LogP contribution in [0.2, 0.25) is 0 Å². The first kappa shape index (κ1) is 20.4. The number of rotatable bonds is 10. The van der Waals surface area contributed by atoms with Crippen molar-refractivity contribution in [1.29, 1.82) is 0 Å². The van der Waals surface area contributed by atoms with Crippen LogP contribution < -0.4 is 10.6 Å². The quantitative estimate of drug-likeness (QED) is 0.409. The number of anilines is 2. The Balaban J connectivity index is 1.74. The SMILES string of the molecule is CNc1ccc(SSc2ccc(NC(=O)CCCCC(C)=O)cc2)cc1. The van der Waals surface area contributed by atoms with Gasteiger partial charge < -0.3 is 15.4 Å². The first-order chi connectivity index (χ1) is 12.6. The summed E-state index contributed by atoms with van der Waals surface area (Å²) in [6.45, 7) is 1.58. The number of unbranched alkanes of at least 4 members (excludes halogenated alkanes) is 1. The predicted octanol–water partition coefficient (Wildman–Crippen LogP) is 5.62. The molecule has 0 aliphatic heterocycles. The van der Waals surface area contributed by atoms with Crippen molar-refractivity contribution in [3.05, 3.63) is 48.5 Å². The highest BCUT2D eigenvalue weighted by molar-refractivity contribution is 8.76. The molecule has 0 spiro atoms. The number of carbonyl (C=O) groups excluding carboxylic acids is 2. The van der Waals surface area contributed by atoms with Gasteiger partial charge in [0, 0.05) is 41.1 Å². The smallest absolute Gasteiger partial charge is 0.224 e. The summed E-state index contributed by atoms with van der Waals surface area (Å²) in [7, 11) is 5.29. The number of amides is 1. The van der Waals surface area contributed by atoms with Crippen molar-refractivity contribution < 1.29 is 9.59 Å². The van der Waals surface area contributed by atoms with Crippen molar-refractivity contribution in [3.8, 4) is 0 Å². The lowest BCUT2D eigenvalue weighted by molar-refractivity contribution is -0.118. The highest BCUT2D eigenvalue weighted by Gasteiger charge is 2.04. The normalized spacial score (nSPS) is 10.4. The molecule has 2 aromatic carbocycles. The van der Waals surface area contributed by atoms with E-state index < -0.39 is 0 Å². The van der Waals surface area contributed by atoms with E-state index in [4.69, 9.17) is 0 Å². The van der Waals surface area contributed by atoms with Gasteiger partial charge in [-0.15, -0.1) is 0 Å². The molecular weight excluding hydrogens is 364 g/mol. The van der Waals surface area contributed by atoms with E-state index in [1.807, 2.05) is 31.3 Å². The third-order valence-corrected chi connectivity index (χ3v) is 6.12. The average molecular weight is 389 g/mol. The van der Waals surface area contributed by atoms with Gasteiger partial charge in [-0.25, -0.2) is 0 Å². The zero-order chi connectivity index (χ0) is 18.8. The maximum atomic E-state index is 11.9. The van der Waals surface area contributed by atoms with Gasteiger partial charge in [-0.1, -0.05) is 21.6 Å². The minimum atomic E-state index is -0.00652. The Hall–Kier alpha value is -1.92. The van der Waals surface area contributed by atoms with Gasteiger partial charge in [0.05, 0.1) is 0 Å². The van der Waals surface area contributed by atoms with Gasteiger partial charge in [-0.3, -0.25) is 4.79 Å². The fourth-order valence-corrected chi connectivity index (χ4v) is 4.18. The van der Waals surface area contributed by atoms with Crippen molar-refractivity contribution in [3.63, 3.8) is 0 Å². The Morgan fingerprint density at radius 3 is 1.81 bits per heavy atom. The summed E-state index contributed by atoms with van der Waals surface area (Å²) in [6, 6.07) is 16.1. The van der Waals surface area contributed by atoms with Crippen LogP contribution in [0.1, 0.15) is 32.6 Å². The standard InChI is InChI=1S/C20H24N2O2S2/c1-15(23)5-3-4-6-20(24)22-17-9-13-19(14-10-17)26-25-18-11-7-16(21-2)8-12-18/h7-14,21H,3-6H2,1-2H3,(H,22,24). The minimum Gasteiger partial charge on any atom is -0.388 e. The number of nitrogens with one attached hydrogen (secondary N) is 2. The predicted molar refractivity (Wildman–Crippen MR) is 112 cm³/mol. The second kappa shape index (κ2) is 10.9. The number of ketones is 1. The Kier molecular flexibility index (Phi) is 8.58. The van der Waals surface area contributed by atoms with Crippen molar-refractivity contribution >= 4 is 44.7 Å². The van der Waals surface area contributed by atoms with Gasteiger partial charge in [-0.2, -0.15) is 0 Å². The number of hydrogen-bond acceptors (Lipinski definition) is 5. The summed E-state index contributed by atoms with van der Waals surface area (Å²) in [5, 5.41) is 6.00. The third kappa shape index (κ3) is 7.54. The minimum absolute atomic E-state index is 0.00652. The van der Waals surface area contributed by atoms with E-state index >= 15 is 0 Å². The molecule has 2 aromatic rings. The van der Waals surface area contributed by atoms with Gasteiger partial charge in [0.15, 0.2) is 0 Å². The molecule has 2 N–H and O–H groups in total. The Morgan fingerprint density at radius 2 is 1.31 bits per heavy atom. The molecule has 138 valence electrons. The van der Waals surface area contributed by atoms with Gasteiger partial charge >= 0.3 is 0 Å². The van der Waals surface area contributed by atoms with Gasteiger partial charge in [-0.05, 0) is 68.3 Å². The monoisotopic (exact) mass is 388 g/mol. The molecule has 4 nitrogen and oxygen atoms in total. The molecule has 0 aliphatic rings. The average Bonchev–Trinajstić information content (AvgIpc) is 2.65. The van der Waals surface area contributed by atoms with Crippen LogP contribution in [0.5, 0.6) is 0 Å². The van der Waals surface area contributed by atoms with Crippen molar-refractivity contribution in [2.45, 2.75) is 42.4 Å². The van der Waals surface area contributed by atoms with E-state index in [0.29, 0.717) is 12.8 Å². The molecule has 0 atom stereocenters. The second-order valence-corrected chi connectivity index (χ2v) is 8.20. The summed E-state index contributed by atoms with van der Waals surface area (Å²) < 4.78 is 0. The lowest BCUT2D eigenvalue weighted by Crippen LogP contribution is -2.11. The van der Waals surface area contributed by atoms with Crippen LogP contribution in [0.3, 0.4) is 0 Å². The molecule has 0 heterocycles. The van der Waals surface area contributed by atoms with Crippen molar-refractivity contribution in [1.82, 2.24) is 0 Å². The van der Waals surface area contributed by atoms with E-state index in [0.717, 1.165) is 29.1 Å². The van der Waals surface area contributed by atoms with E-state index in [1.165, 1.54) is 4.90 Å². The maximum absolute atomic E-state index is 11.9. The van der Waals surface area contributed by atoms with E-state index in [9.17, 15) is 9.59 Å². The number of benzene rings is 2. The Bertz CT molecular complexity index is 716. The van der Waals surface area contributed by atoms with Crippen LogP contribution in [0.15, 0.2) is 58.3 Å². The topological polar surface area (TPSA) is 58.2 Å². The van der Waals surface area contributed by atoms with Crippen LogP contribution in [0, 0.1) is 0 Å². The molecule has 26 heavy (non-hydrogen) atoms. The highest BCUT2D eigenvalue weighted by atomic mass is 33.1. The molecule has 0 aromatic heterocycles. The first-order valence-corrected chi connectivity index (χ1v) is 10.7. The zero-order valence-electron chi connectivity index (χ0n) is 15.1. The molecule has 0 aliphatic carbocycles. The zero-order valence-corrected chi connectivity index (χ0v) is 16.7. The molecule has 0 radical (unpaired) electrons. The van der Waals surface area contributed by atoms with Gasteiger partial charge in [0.1, 0.15) is 5.78 Å². The fraction of sp³-hybridized carbons (Fsp3) is 0.300. The van der Waals surface area contributed by atoms with Crippen LogP contribution >= 0.6 is 21.6 Å². The molecule has 0 unspecified atom stereocenters. The van der Waals surface area contributed by atoms with Gasteiger partial charge in [0.2, 0.25) is 5.91 Å². The number of Topliss-reactive ketones (excluding diaryl/α,β-unsaturated/α-hetero) is 1. The molecule has 1 amide bonds. The Labute approximate surface area is 162 Å². The summed E-state index contributed by atoms with van der Waals surface area (Å²) in [5.74, 6) is 0.169. The number of hydrogen-bond donors (Lipinski definition) is 2. The largest absolute Gasteiger partial charge is 0.388 e. The molecular formula is C20H24N2O2S2. The first-order valence-electron chi connectivity index (χ1n) is 8.58. The summed E-state index contributed by atoms with van der Waals surface area (Å²) in [6.07, 6.45) is 2.50. The molecule has 0 fully saturated rings. The fourth-order valence-electron chi connectivity index (χ4n) is 2.25. The molecule has 0 saturated heterocycles. The maximum Gasteiger partial charge on any atom is 0.224 e. The molecule has 6 heteroatoms. The van der Waals surface area contributed by atoms with Crippen LogP contribution in [0.25, 0.3) is 0 Å². The van der Waals surface area contributed by atoms with Crippen molar-refractivity contribution in [2.75, 3.05) is 17.7 Å². The third-order valence-electron chi connectivity index (χ3n) is 3.70. The lowest BCUT2D eigenvalue weighted by atomic mass is 10.1. The Morgan fingerprint density at radius 1 is 0.808 bits per heavy atom. The highest BCUT2D eigenvalue weighted by Crippen LogP contribution is 2.37. The van der Waals surface area contributed by atoms with E-state index in [2.05, 4.69) is 34.9 Å². The number of carbonyl (C=O) groups is 2. The lowest BCUT2D eigenvalue weighted by Gasteiger charge is -2.07. The molecule has 2 rings (SSSR count). The van der Waals surface area contributed by atoms with Crippen LogP contribution in [-0.4, -0.2) is 18.7 Å². The summed E-state index contributed by atoms with van der Waals surface area (Å²) in [4.78, 5) is 25.1. The summed E-state index contributed by atoms with van der Waals surface area (Å²) >= 11 is 0. The van der Waals surface area contributed by atoms with E-state index in [1.54, 1.807) is 28.5 Å². The van der Waals surface area contributed by atoms with Crippen LogP contribution in [0.4, 0.5) is 11.4 Å². The molecule has 0 bridgehead atoms. The van der Waals surface area contributed by atoms with E-state index in [-0.39, 0.29) is 11.7 Å². The second-order valence-electron chi connectivity index (χ2n) is 5.92. The molecule has 0 saturated carbocycles. The van der Waals surface area contributed by atoms with Crippen molar-refractivity contribution in [2.24, 2.45) is 0 Å². The summed E-state index contributed by atoms with van der Waals surface area (Å²) in [5.41, 5.74) is 1.90. The van der Waals surface area contributed by atoms with Gasteiger partial charge in [0.25, 0.3) is 0 Å².